The highest BCUT2D eigenvalue weighted by molar-refractivity contribution is 6.08. The molecule has 2 N–H and O–H groups in total. The van der Waals surface area contributed by atoms with Crippen LogP contribution in [-0.4, -0.2) is 11.8 Å². The minimum Gasteiger partial charge on any atom is -0.322 e. The van der Waals surface area contributed by atoms with Crippen molar-refractivity contribution < 1.29 is 9.59 Å². The monoisotopic (exact) mass is 397 g/mol. The van der Waals surface area contributed by atoms with Crippen LogP contribution >= 0.6 is 0 Å². The molecule has 0 atom stereocenters. The Morgan fingerprint density at radius 3 is 2.23 bits per heavy atom. The molecule has 0 aliphatic carbocycles. The summed E-state index contributed by atoms with van der Waals surface area (Å²) in [5.74, 6) is -0.545. The van der Waals surface area contributed by atoms with E-state index in [1.54, 1.807) is 36.4 Å². The SMILES string of the molecule is Cc1ccc(NC(=O)c2cccc(C(C)(C)C#N)c2)cc1C(=O)Nc1ccccc1. The van der Waals surface area contributed by atoms with Gasteiger partial charge in [-0.05, 0) is 68.3 Å². The molecule has 3 aromatic rings. The highest BCUT2D eigenvalue weighted by Gasteiger charge is 2.21. The van der Waals surface area contributed by atoms with Gasteiger partial charge < -0.3 is 10.6 Å². The predicted octanol–water partition coefficient (Wildman–Crippen LogP) is 5.30. The normalized spacial score (nSPS) is 10.7. The van der Waals surface area contributed by atoms with E-state index in [0.717, 1.165) is 11.1 Å². The van der Waals surface area contributed by atoms with Gasteiger partial charge in [-0.3, -0.25) is 9.59 Å². The van der Waals surface area contributed by atoms with Crippen LogP contribution in [0.25, 0.3) is 0 Å². The van der Waals surface area contributed by atoms with Gasteiger partial charge in [-0.1, -0.05) is 36.4 Å². The molecule has 3 rings (SSSR count). The maximum absolute atomic E-state index is 12.7. The smallest absolute Gasteiger partial charge is 0.256 e. The Kier molecular flexibility index (Phi) is 5.98. The number of nitriles is 1. The Labute approximate surface area is 176 Å². The van der Waals surface area contributed by atoms with Crippen molar-refractivity contribution in [1.82, 2.24) is 0 Å². The minimum atomic E-state index is -0.692. The molecule has 0 aromatic heterocycles. The molecule has 0 bridgehead atoms. The van der Waals surface area contributed by atoms with Crippen LogP contribution in [0.2, 0.25) is 0 Å². The fraction of sp³-hybridized carbons (Fsp3) is 0.160. The van der Waals surface area contributed by atoms with E-state index in [0.29, 0.717) is 22.5 Å². The Balaban J connectivity index is 1.80. The second-order valence-electron chi connectivity index (χ2n) is 7.62. The van der Waals surface area contributed by atoms with Crippen LogP contribution in [0.15, 0.2) is 72.8 Å². The van der Waals surface area contributed by atoms with Crippen molar-refractivity contribution in [3.8, 4) is 6.07 Å². The zero-order valence-electron chi connectivity index (χ0n) is 17.2. The molecule has 30 heavy (non-hydrogen) atoms. The van der Waals surface area contributed by atoms with E-state index < -0.39 is 5.41 Å². The van der Waals surface area contributed by atoms with Gasteiger partial charge in [-0.25, -0.2) is 0 Å². The summed E-state index contributed by atoms with van der Waals surface area (Å²) in [7, 11) is 0. The molecule has 5 heteroatoms. The second-order valence-corrected chi connectivity index (χ2v) is 7.62. The molecule has 0 spiro atoms. The summed E-state index contributed by atoms with van der Waals surface area (Å²) in [5, 5.41) is 15.0. The molecular weight excluding hydrogens is 374 g/mol. The van der Waals surface area contributed by atoms with Gasteiger partial charge in [0, 0.05) is 22.5 Å². The van der Waals surface area contributed by atoms with Crippen molar-refractivity contribution in [2.75, 3.05) is 10.6 Å². The van der Waals surface area contributed by atoms with Gasteiger partial charge in [0.2, 0.25) is 0 Å². The molecule has 0 heterocycles. The third-order valence-corrected chi connectivity index (χ3v) is 4.90. The van der Waals surface area contributed by atoms with Gasteiger partial charge in [-0.2, -0.15) is 5.26 Å². The fourth-order valence-electron chi connectivity index (χ4n) is 2.98. The van der Waals surface area contributed by atoms with Gasteiger partial charge in [0.15, 0.2) is 0 Å². The molecule has 150 valence electrons. The van der Waals surface area contributed by atoms with E-state index in [4.69, 9.17) is 0 Å². The van der Waals surface area contributed by atoms with Crippen molar-refractivity contribution in [2.45, 2.75) is 26.2 Å². The average molecular weight is 397 g/mol. The van der Waals surface area contributed by atoms with Crippen LogP contribution in [0.5, 0.6) is 0 Å². The minimum absolute atomic E-state index is 0.243. The molecule has 5 nitrogen and oxygen atoms in total. The van der Waals surface area contributed by atoms with Crippen LogP contribution in [-0.2, 0) is 5.41 Å². The summed E-state index contributed by atoms with van der Waals surface area (Å²) in [4.78, 5) is 25.4. The first-order valence-electron chi connectivity index (χ1n) is 9.60. The molecular formula is C25H23N3O2. The molecule has 0 saturated carbocycles. The molecule has 0 unspecified atom stereocenters. The first-order valence-corrected chi connectivity index (χ1v) is 9.60. The summed E-state index contributed by atoms with van der Waals surface area (Å²) >= 11 is 0. The quantitative estimate of drug-likeness (QED) is 0.613. The van der Waals surface area contributed by atoms with Crippen molar-refractivity contribution in [2.24, 2.45) is 0 Å². The number of hydrogen-bond acceptors (Lipinski definition) is 3. The number of aryl methyl sites for hydroxylation is 1. The molecule has 0 fully saturated rings. The van der Waals surface area contributed by atoms with E-state index in [9.17, 15) is 14.9 Å². The Bertz CT molecular complexity index is 1130. The number of nitrogens with zero attached hydrogens (tertiary/aromatic N) is 1. The van der Waals surface area contributed by atoms with Crippen molar-refractivity contribution in [3.05, 3.63) is 95.1 Å². The Morgan fingerprint density at radius 1 is 0.833 bits per heavy atom. The lowest BCUT2D eigenvalue weighted by Gasteiger charge is -2.16. The molecule has 0 saturated heterocycles. The second kappa shape index (κ2) is 8.62. The number of rotatable bonds is 5. The first kappa shape index (κ1) is 20.8. The van der Waals surface area contributed by atoms with E-state index in [1.165, 1.54) is 0 Å². The van der Waals surface area contributed by atoms with Crippen LogP contribution < -0.4 is 10.6 Å². The molecule has 0 radical (unpaired) electrons. The number of carbonyl (C=O) groups is 2. The van der Waals surface area contributed by atoms with E-state index in [-0.39, 0.29) is 11.8 Å². The molecule has 3 aromatic carbocycles. The third kappa shape index (κ3) is 4.73. The zero-order valence-corrected chi connectivity index (χ0v) is 17.2. The number of benzene rings is 3. The maximum atomic E-state index is 12.7. The number of hydrogen-bond donors (Lipinski definition) is 2. The summed E-state index contributed by atoms with van der Waals surface area (Å²) in [6.07, 6.45) is 0. The van der Waals surface area contributed by atoms with Gasteiger partial charge >= 0.3 is 0 Å². The summed E-state index contributed by atoms with van der Waals surface area (Å²) in [6.45, 7) is 5.46. The standard InChI is InChI=1S/C25H23N3O2/c1-17-12-13-21(15-22(17)24(30)27-20-10-5-4-6-11-20)28-23(29)18-8-7-9-19(14-18)25(2,3)16-26/h4-15H,1-3H3,(H,27,30)(H,28,29). The van der Waals surface area contributed by atoms with Gasteiger partial charge in [0.05, 0.1) is 11.5 Å². The summed E-state index contributed by atoms with van der Waals surface area (Å²) in [6, 6.07) is 23.7. The maximum Gasteiger partial charge on any atom is 0.256 e. The van der Waals surface area contributed by atoms with E-state index in [1.807, 2.05) is 57.2 Å². The summed E-state index contributed by atoms with van der Waals surface area (Å²) in [5.41, 5.74) is 3.04. The number of nitrogens with one attached hydrogen (secondary N) is 2. The number of anilines is 2. The number of para-hydroxylation sites is 1. The number of carbonyl (C=O) groups excluding carboxylic acids is 2. The van der Waals surface area contributed by atoms with E-state index in [2.05, 4.69) is 16.7 Å². The Hall–Kier alpha value is -3.91. The topological polar surface area (TPSA) is 82.0 Å². The van der Waals surface area contributed by atoms with Gasteiger partial charge in [0.25, 0.3) is 11.8 Å². The molecule has 0 aliphatic rings. The Morgan fingerprint density at radius 2 is 1.53 bits per heavy atom. The number of amides is 2. The largest absolute Gasteiger partial charge is 0.322 e. The van der Waals surface area contributed by atoms with E-state index >= 15 is 0 Å². The van der Waals surface area contributed by atoms with Gasteiger partial charge in [0.1, 0.15) is 0 Å². The lowest BCUT2D eigenvalue weighted by Crippen LogP contribution is -2.18. The van der Waals surface area contributed by atoms with Crippen molar-refractivity contribution >= 4 is 23.2 Å². The predicted molar refractivity (Wildman–Crippen MR) is 119 cm³/mol. The van der Waals surface area contributed by atoms with Crippen molar-refractivity contribution in [1.29, 1.82) is 5.26 Å². The highest BCUT2D eigenvalue weighted by Crippen LogP contribution is 2.24. The lowest BCUT2D eigenvalue weighted by molar-refractivity contribution is 0.101. The van der Waals surface area contributed by atoms with Crippen LogP contribution in [0.3, 0.4) is 0 Å². The zero-order chi connectivity index (χ0) is 21.7. The van der Waals surface area contributed by atoms with Crippen LogP contribution in [0.1, 0.15) is 45.7 Å². The van der Waals surface area contributed by atoms with Crippen LogP contribution in [0.4, 0.5) is 11.4 Å². The van der Waals surface area contributed by atoms with Crippen LogP contribution in [0, 0.1) is 18.3 Å². The lowest BCUT2D eigenvalue weighted by atomic mass is 9.85. The third-order valence-electron chi connectivity index (χ3n) is 4.90. The summed E-state index contributed by atoms with van der Waals surface area (Å²) < 4.78 is 0. The highest BCUT2D eigenvalue weighted by atomic mass is 16.2. The fourth-order valence-corrected chi connectivity index (χ4v) is 2.98. The van der Waals surface area contributed by atoms with Crippen molar-refractivity contribution in [3.63, 3.8) is 0 Å². The van der Waals surface area contributed by atoms with Gasteiger partial charge in [-0.15, -0.1) is 0 Å². The molecule has 0 aliphatic heterocycles. The first-order chi connectivity index (χ1) is 14.3. The molecule has 2 amide bonds. The average Bonchev–Trinajstić information content (AvgIpc) is 2.75.